The fraction of sp³-hybridized carbons (Fsp3) is 0.235. The van der Waals surface area contributed by atoms with E-state index in [1.807, 2.05) is 5.32 Å². The highest BCUT2D eigenvalue weighted by Gasteiger charge is 2.54. The summed E-state index contributed by atoms with van der Waals surface area (Å²) in [6, 6.07) is 3.94. The SMILES string of the molecule is N=C(N)NC(=O)C1=C(C(=O)O)N2C(=O)C(NC(=O)CSc3ccc(Cl)cc3Cl)[C@H]2SC1. The number of carboxylic acid groups (broad SMARTS) is 1. The van der Waals surface area contributed by atoms with Gasteiger partial charge >= 0.3 is 5.97 Å². The average Bonchev–Trinajstić information content (AvgIpc) is 2.69. The molecule has 2 atom stereocenters. The summed E-state index contributed by atoms with van der Waals surface area (Å²) >= 11 is 14.2. The average molecular weight is 504 g/mol. The van der Waals surface area contributed by atoms with Crippen LogP contribution in [0.15, 0.2) is 34.4 Å². The van der Waals surface area contributed by atoms with E-state index in [1.165, 1.54) is 0 Å². The van der Waals surface area contributed by atoms with Gasteiger partial charge in [-0.25, -0.2) is 4.79 Å². The van der Waals surface area contributed by atoms with Crippen molar-refractivity contribution < 1.29 is 24.3 Å². The Morgan fingerprint density at radius 1 is 1.35 bits per heavy atom. The summed E-state index contributed by atoms with van der Waals surface area (Å²) in [5.74, 6) is -4.11. The van der Waals surface area contributed by atoms with Crippen LogP contribution in [0.5, 0.6) is 0 Å². The molecule has 2 heterocycles. The van der Waals surface area contributed by atoms with Crippen molar-refractivity contribution >= 4 is 76.4 Å². The lowest BCUT2D eigenvalue weighted by Crippen LogP contribution is -2.71. The lowest BCUT2D eigenvalue weighted by atomic mass is 10.0. The van der Waals surface area contributed by atoms with E-state index in [9.17, 15) is 24.3 Å². The van der Waals surface area contributed by atoms with Crippen molar-refractivity contribution in [1.29, 1.82) is 5.41 Å². The normalized spacial score (nSPS) is 19.9. The Morgan fingerprint density at radius 3 is 2.68 bits per heavy atom. The summed E-state index contributed by atoms with van der Waals surface area (Å²) in [6.07, 6.45) is 0. The lowest BCUT2D eigenvalue weighted by Gasteiger charge is -2.49. The van der Waals surface area contributed by atoms with E-state index in [-0.39, 0.29) is 17.1 Å². The van der Waals surface area contributed by atoms with Gasteiger partial charge in [0.1, 0.15) is 17.1 Å². The number of amides is 3. The van der Waals surface area contributed by atoms with Crippen molar-refractivity contribution in [3.63, 3.8) is 0 Å². The van der Waals surface area contributed by atoms with Gasteiger partial charge in [0.15, 0.2) is 5.96 Å². The number of aliphatic carboxylic acids is 1. The summed E-state index contributed by atoms with van der Waals surface area (Å²) in [6.45, 7) is 0. The number of halogens is 2. The number of carboxylic acids is 1. The standard InChI is InChI=1S/C17H15Cl2N5O5S2/c18-6-1-2-9(8(19)3-6)30-5-10(25)22-11-14(27)24-12(16(28)29)7(4-31-15(11)24)13(26)23-17(20)21/h1-3,11,15H,4-5H2,(H,22,25)(H,28,29)(H4,20,21,23,26)/t11?,15-/m1/s1. The number of carbonyl (C=O) groups excluding carboxylic acids is 3. The van der Waals surface area contributed by atoms with Crippen LogP contribution in [-0.4, -0.2) is 62.6 Å². The maximum absolute atomic E-state index is 12.6. The van der Waals surface area contributed by atoms with E-state index in [0.29, 0.717) is 14.9 Å². The first-order valence-electron chi connectivity index (χ1n) is 8.54. The van der Waals surface area contributed by atoms with Crippen LogP contribution in [0.1, 0.15) is 0 Å². The van der Waals surface area contributed by atoms with Gasteiger partial charge in [-0.3, -0.25) is 30.0 Å². The summed E-state index contributed by atoms with van der Waals surface area (Å²) in [7, 11) is 0. The molecule has 0 bridgehead atoms. The molecule has 1 saturated heterocycles. The molecule has 0 spiro atoms. The highest BCUT2D eigenvalue weighted by molar-refractivity contribution is 8.00. The maximum atomic E-state index is 12.6. The van der Waals surface area contributed by atoms with E-state index in [4.69, 9.17) is 34.3 Å². The topological polar surface area (TPSA) is 166 Å². The minimum absolute atomic E-state index is 0.0174. The van der Waals surface area contributed by atoms with E-state index in [2.05, 4.69) is 5.32 Å². The first-order valence-corrected chi connectivity index (χ1v) is 11.3. The summed E-state index contributed by atoms with van der Waals surface area (Å²) in [5, 5.41) is 21.4. The molecule has 10 nitrogen and oxygen atoms in total. The van der Waals surface area contributed by atoms with Gasteiger partial charge < -0.3 is 16.2 Å². The summed E-state index contributed by atoms with van der Waals surface area (Å²) in [5.41, 5.74) is 4.45. The Balaban J connectivity index is 1.66. The molecule has 0 saturated carbocycles. The molecule has 1 unspecified atom stereocenters. The van der Waals surface area contributed by atoms with Gasteiger partial charge in [0.25, 0.3) is 11.8 Å². The number of rotatable bonds is 6. The van der Waals surface area contributed by atoms with Crippen LogP contribution in [0, 0.1) is 5.41 Å². The molecule has 3 rings (SSSR count). The van der Waals surface area contributed by atoms with Crippen molar-refractivity contribution in [2.45, 2.75) is 16.3 Å². The van der Waals surface area contributed by atoms with Crippen molar-refractivity contribution in [3.8, 4) is 0 Å². The molecule has 31 heavy (non-hydrogen) atoms. The van der Waals surface area contributed by atoms with Crippen LogP contribution in [-0.2, 0) is 19.2 Å². The zero-order valence-corrected chi connectivity index (χ0v) is 18.6. The number of carbonyl (C=O) groups is 4. The smallest absolute Gasteiger partial charge is 0.353 e. The number of nitrogens with one attached hydrogen (secondary N) is 3. The number of β-lactam (4-membered cyclic amide) rings is 1. The van der Waals surface area contributed by atoms with Crippen molar-refractivity contribution in [1.82, 2.24) is 15.5 Å². The molecule has 2 aliphatic heterocycles. The molecule has 14 heteroatoms. The molecule has 1 aromatic rings. The lowest BCUT2D eigenvalue weighted by molar-refractivity contribution is -0.150. The van der Waals surface area contributed by atoms with E-state index < -0.39 is 46.8 Å². The van der Waals surface area contributed by atoms with Crippen LogP contribution in [0.3, 0.4) is 0 Å². The molecule has 164 valence electrons. The van der Waals surface area contributed by atoms with Crippen molar-refractivity contribution in [2.24, 2.45) is 5.73 Å². The third kappa shape index (κ3) is 4.92. The second-order valence-corrected chi connectivity index (χ2v) is 9.28. The van der Waals surface area contributed by atoms with Crippen LogP contribution in [0.2, 0.25) is 10.0 Å². The van der Waals surface area contributed by atoms with Crippen LogP contribution < -0.4 is 16.4 Å². The van der Waals surface area contributed by atoms with Gasteiger partial charge in [-0.2, -0.15) is 0 Å². The van der Waals surface area contributed by atoms with E-state index >= 15 is 0 Å². The fourth-order valence-electron chi connectivity index (χ4n) is 2.94. The third-order valence-corrected chi connectivity index (χ3v) is 7.28. The number of guanidine groups is 1. The minimum atomic E-state index is -1.47. The van der Waals surface area contributed by atoms with Crippen LogP contribution in [0.4, 0.5) is 0 Å². The molecule has 0 radical (unpaired) electrons. The molecule has 6 N–H and O–H groups in total. The number of fused-ring (bicyclic) bond motifs is 1. The zero-order chi connectivity index (χ0) is 22.9. The molecule has 3 amide bonds. The maximum Gasteiger partial charge on any atom is 0.353 e. The number of hydrogen-bond donors (Lipinski definition) is 5. The number of benzene rings is 1. The van der Waals surface area contributed by atoms with E-state index in [0.717, 1.165) is 28.4 Å². The largest absolute Gasteiger partial charge is 0.477 e. The zero-order valence-electron chi connectivity index (χ0n) is 15.5. The Kier molecular flexibility index (Phi) is 7.04. The second-order valence-electron chi connectivity index (χ2n) is 6.32. The minimum Gasteiger partial charge on any atom is -0.477 e. The summed E-state index contributed by atoms with van der Waals surface area (Å²) in [4.78, 5) is 50.3. The number of nitrogens with zero attached hydrogens (tertiary/aromatic N) is 1. The quantitative estimate of drug-likeness (QED) is 0.165. The monoisotopic (exact) mass is 503 g/mol. The number of hydrogen-bond acceptors (Lipinski definition) is 7. The molecule has 2 aliphatic rings. The Morgan fingerprint density at radius 2 is 2.06 bits per heavy atom. The predicted octanol–water partition coefficient (Wildman–Crippen LogP) is 0.834. The van der Waals surface area contributed by atoms with Crippen molar-refractivity contribution in [2.75, 3.05) is 11.5 Å². The van der Waals surface area contributed by atoms with Gasteiger partial charge in [0.05, 0.1) is 16.3 Å². The molecule has 0 aromatic heterocycles. The molecule has 0 aliphatic carbocycles. The fourth-order valence-corrected chi connectivity index (χ4v) is 5.59. The van der Waals surface area contributed by atoms with E-state index in [1.54, 1.807) is 18.2 Å². The Labute approximate surface area is 194 Å². The number of nitrogens with two attached hydrogens (primary N) is 1. The van der Waals surface area contributed by atoms with Crippen LogP contribution >= 0.6 is 46.7 Å². The highest BCUT2D eigenvalue weighted by atomic mass is 35.5. The van der Waals surface area contributed by atoms with Gasteiger partial charge in [-0.05, 0) is 18.2 Å². The van der Waals surface area contributed by atoms with Gasteiger partial charge in [0.2, 0.25) is 5.91 Å². The first kappa shape index (κ1) is 23.3. The number of thioether (sulfide) groups is 2. The Hall–Kier alpha value is -2.41. The molecular weight excluding hydrogens is 489 g/mol. The summed E-state index contributed by atoms with van der Waals surface area (Å²) < 4.78 is 0. The van der Waals surface area contributed by atoms with Gasteiger partial charge in [-0.1, -0.05) is 23.2 Å². The van der Waals surface area contributed by atoms with Gasteiger partial charge in [0, 0.05) is 15.7 Å². The first-order chi connectivity index (χ1) is 14.6. The molecule has 1 aromatic carbocycles. The third-order valence-electron chi connectivity index (χ3n) is 4.26. The second kappa shape index (κ2) is 9.39. The molecule has 1 fully saturated rings. The highest BCUT2D eigenvalue weighted by Crippen LogP contribution is 2.40. The molecular formula is C17H15Cl2N5O5S2. The van der Waals surface area contributed by atoms with Crippen molar-refractivity contribution in [3.05, 3.63) is 39.5 Å². The Bertz CT molecular complexity index is 1030. The van der Waals surface area contributed by atoms with Crippen LogP contribution in [0.25, 0.3) is 0 Å². The predicted molar refractivity (Wildman–Crippen MR) is 117 cm³/mol. The van der Waals surface area contributed by atoms with Gasteiger partial charge in [-0.15, -0.1) is 23.5 Å².